The van der Waals surface area contributed by atoms with Crippen molar-refractivity contribution in [1.82, 2.24) is 4.98 Å². The summed E-state index contributed by atoms with van der Waals surface area (Å²) in [6.45, 7) is 13.7. The van der Waals surface area contributed by atoms with Crippen molar-refractivity contribution in [1.29, 1.82) is 0 Å². The van der Waals surface area contributed by atoms with Crippen molar-refractivity contribution in [3.63, 3.8) is 0 Å². The minimum Gasteiger partial charge on any atom is -0.237 e. The molecule has 6 rings (SSSR count). The third kappa shape index (κ3) is 4.39. The van der Waals surface area contributed by atoms with E-state index in [2.05, 4.69) is 113 Å². The number of fused-ring (bicyclic) bond motifs is 3. The number of aromatic nitrogens is 1. The molecule has 0 bridgehead atoms. The van der Waals surface area contributed by atoms with Gasteiger partial charge < -0.3 is 0 Å². The van der Waals surface area contributed by atoms with Crippen LogP contribution in [0.25, 0.3) is 53.5 Å². The lowest BCUT2D eigenvalue weighted by Crippen LogP contribution is -2.12. The van der Waals surface area contributed by atoms with E-state index in [0.717, 1.165) is 16.9 Å². The molecule has 37 heavy (non-hydrogen) atoms. The SMILES string of the molecule is Cc1csc2nc(-c3cc(C(C)(C)C)c4ccccc4c3)cc(-c3ccc4scc(CC(C)C)c4c3)c12. The summed E-state index contributed by atoms with van der Waals surface area (Å²) >= 11 is 3.62. The summed E-state index contributed by atoms with van der Waals surface area (Å²) in [6.07, 6.45) is 1.12. The first-order valence-corrected chi connectivity index (χ1v) is 14.9. The highest BCUT2D eigenvalue weighted by molar-refractivity contribution is 7.17. The summed E-state index contributed by atoms with van der Waals surface area (Å²) in [5, 5.41) is 9.88. The molecule has 0 spiro atoms. The van der Waals surface area contributed by atoms with Crippen LogP contribution in [0, 0.1) is 12.8 Å². The first-order valence-electron chi connectivity index (χ1n) is 13.1. The Kier molecular flexibility index (Phi) is 5.97. The van der Waals surface area contributed by atoms with Crippen LogP contribution in [0.5, 0.6) is 0 Å². The molecule has 0 saturated carbocycles. The van der Waals surface area contributed by atoms with Gasteiger partial charge >= 0.3 is 0 Å². The summed E-state index contributed by atoms with van der Waals surface area (Å²) in [5.41, 5.74) is 8.98. The van der Waals surface area contributed by atoms with E-state index in [0.29, 0.717) is 5.92 Å². The van der Waals surface area contributed by atoms with Crippen LogP contribution < -0.4 is 0 Å². The summed E-state index contributed by atoms with van der Waals surface area (Å²) < 4.78 is 1.37. The van der Waals surface area contributed by atoms with Gasteiger partial charge in [0.15, 0.2) is 0 Å². The molecule has 0 amide bonds. The molecule has 186 valence electrons. The largest absolute Gasteiger partial charge is 0.237 e. The first kappa shape index (κ1) is 24.3. The Morgan fingerprint density at radius 3 is 2.43 bits per heavy atom. The summed E-state index contributed by atoms with van der Waals surface area (Å²) in [7, 11) is 0. The second kappa shape index (κ2) is 9.08. The van der Waals surface area contributed by atoms with Crippen molar-refractivity contribution in [2.24, 2.45) is 5.92 Å². The van der Waals surface area contributed by atoms with Crippen LogP contribution in [0.1, 0.15) is 51.3 Å². The summed E-state index contributed by atoms with van der Waals surface area (Å²) in [5.74, 6) is 0.643. The average Bonchev–Trinajstić information content (AvgIpc) is 3.44. The molecule has 0 N–H and O–H groups in total. The van der Waals surface area contributed by atoms with Crippen molar-refractivity contribution in [3.05, 3.63) is 88.1 Å². The average molecular weight is 520 g/mol. The Morgan fingerprint density at radius 1 is 0.838 bits per heavy atom. The van der Waals surface area contributed by atoms with Gasteiger partial charge in [0.25, 0.3) is 0 Å². The van der Waals surface area contributed by atoms with Crippen LogP contribution in [-0.2, 0) is 11.8 Å². The van der Waals surface area contributed by atoms with E-state index in [-0.39, 0.29) is 5.41 Å². The molecule has 3 heteroatoms. The maximum Gasteiger partial charge on any atom is 0.124 e. The van der Waals surface area contributed by atoms with Crippen molar-refractivity contribution in [3.8, 4) is 22.4 Å². The predicted molar refractivity (Wildman–Crippen MR) is 165 cm³/mol. The van der Waals surface area contributed by atoms with E-state index in [1.165, 1.54) is 59.6 Å². The molecule has 3 heterocycles. The zero-order chi connectivity index (χ0) is 25.9. The number of pyridine rings is 1. The molecule has 0 unspecified atom stereocenters. The fourth-order valence-corrected chi connectivity index (χ4v) is 7.40. The Labute approximate surface area is 227 Å². The highest BCUT2D eigenvalue weighted by atomic mass is 32.1. The topological polar surface area (TPSA) is 12.9 Å². The fraction of sp³-hybridized carbons (Fsp3) is 0.265. The molecular formula is C34H33NS2. The summed E-state index contributed by atoms with van der Waals surface area (Å²) in [6, 6.07) is 22.8. The third-order valence-electron chi connectivity index (χ3n) is 7.29. The van der Waals surface area contributed by atoms with Gasteiger partial charge in [0, 0.05) is 15.6 Å². The molecule has 3 aromatic carbocycles. The van der Waals surface area contributed by atoms with Crippen LogP contribution in [0.3, 0.4) is 0 Å². The van der Waals surface area contributed by atoms with Crippen molar-refractivity contribution in [2.75, 3.05) is 0 Å². The van der Waals surface area contributed by atoms with Crippen LogP contribution >= 0.6 is 22.7 Å². The molecule has 0 aliphatic rings. The van der Waals surface area contributed by atoms with E-state index in [4.69, 9.17) is 4.98 Å². The lowest BCUT2D eigenvalue weighted by Gasteiger charge is -2.23. The lowest BCUT2D eigenvalue weighted by molar-refractivity contribution is 0.596. The van der Waals surface area contributed by atoms with E-state index in [1.54, 1.807) is 11.3 Å². The number of rotatable bonds is 4. The molecule has 3 aromatic heterocycles. The number of hydrogen-bond acceptors (Lipinski definition) is 3. The van der Waals surface area contributed by atoms with Gasteiger partial charge in [-0.1, -0.05) is 65.0 Å². The predicted octanol–water partition coefficient (Wildman–Crippen LogP) is 10.8. The fourth-order valence-electron chi connectivity index (χ4n) is 5.49. The Bertz CT molecular complexity index is 1780. The number of hydrogen-bond donors (Lipinski definition) is 0. The third-order valence-corrected chi connectivity index (χ3v) is 9.29. The minimum atomic E-state index is 0.0405. The number of thiophene rings is 2. The molecule has 6 aromatic rings. The van der Waals surface area contributed by atoms with Crippen LogP contribution in [-0.4, -0.2) is 4.98 Å². The van der Waals surface area contributed by atoms with Gasteiger partial charge in [0.05, 0.1) is 5.69 Å². The van der Waals surface area contributed by atoms with Gasteiger partial charge in [0.1, 0.15) is 4.83 Å². The molecule has 0 saturated heterocycles. The maximum absolute atomic E-state index is 5.21. The standard InChI is InChI=1S/C34H33NS2/c1-20(2)13-25-19-36-31-12-11-23(15-27(25)31)28-17-30(35-33-32(28)21(3)18-37-33)24-14-22-9-7-8-10-26(22)29(16-24)34(4,5)6/h7-12,14-20H,13H2,1-6H3. The Balaban J connectivity index is 1.59. The van der Waals surface area contributed by atoms with Gasteiger partial charge in [-0.3, -0.25) is 0 Å². The van der Waals surface area contributed by atoms with E-state index in [1.807, 2.05) is 11.3 Å². The minimum absolute atomic E-state index is 0.0405. The lowest BCUT2D eigenvalue weighted by atomic mass is 9.82. The van der Waals surface area contributed by atoms with Gasteiger partial charge in [-0.2, -0.15) is 0 Å². The Morgan fingerprint density at radius 2 is 1.65 bits per heavy atom. The molecule has 0 aliphatic heterocycles. The smallest absolute Gasteiger partial charge is 0.124 e. The number of benzene rings is 3. The highest BCUT2D eigenvalue weighted by Crippen LogP contribution is 2.41. The summed E-state index contributed by atoms with van der Waals surface area (Å²) in [4.78, 5) is 6.33. The van der Waals surface area contributed by atoms with Crippen molar-refractivity contribution in [2.45, 2.75) is 53.4 Å². The van der Waals surface area contributed by atoms with Gasteiger partial charge in [-0.25, -0.2) is 4.98 Å². The highest BCUT2D eigenvalue weighted by Gasteiger charge is 2.20. The molecule has 0 radical (unpaired) electrons. The molecule has 0 atom stereocenters. The number of aryl methyl sites for hydroxylation is 1. The maximum atomic E-state index is 5.21. The number of nitrogens with zero attached hydrogens (tertiary/aromatic N) is 1. The molecule has 0 aliphatic carbocycles. The monoisotopic (exact) mass is 519 g/mol. The molecular weight excluding hydrogens is 487 g/mol. The second-order valence-electron chi connectivity index (χ2n) is 11.7. The van der Waals surface area contributed by atoms with Crippen molar-refractivity contribution >= 4 is 53.7 Å². The normalized spacial score (nSPS) is 12.4. The van der Waals surface area contributed by atoms with Crippen LogP contribution in [0.2, 0.25) is 0 Å². The van der Waals surface area contributed by atoms with Gasteiger partial charge in [-0.15, -0.1) is 22.7 Å². The first-order chi connectivity index (χ1) is 17.7. The van der Waals surface area contributed by atoms with Gasteiger partial charge in [0.2, 0.25) is 0 Å². The van der Waals surface area contributed by atoms with Crippen LogP contribution in [0.15, 0.2) is 71.4 Å². The zero-order valence-corrected chi connectivity index (χ0v) is 24.1. The van der Waals surface area contributed by atoms with E-state index < -0.39 is 0 Å². The van der Waals surface area contributed by atoms with E-state index >= 15 is 0 Å². The second-order valence-corrected chi connectivity index (χ2v) is 13.5. The molecule has 0 fully saturated rings. The quantitative estimate of drug-likeness (QED) is 0.226. The van der Waals surface area contributed by atoms with Gasteiger partial charge in [-0.05, 0) is 110 Å². The Hall–Kier alpha value is -3.01. The van der Waals surface area contributed by atoms with E-state index in [9.17, 15) is 0 Å². The molecule has 1 nitrogen and oxygen atoms in total. The van der Waals surface area contributed by atoms with Crippen molar-refractivity contribution < 1.29 is 0 Å². The van der Waals surface area contributed by atoms with Crippen LogP contribution in [0.4, 0.5) is 0 Å². The zero-order valence-electron chi connectivity index (χ0n) is 22.5.